The number of para-hydroxylation sites is 1. The summed E-state index contributed by atoms with van der Waals surface area (Å²) in [5.74, 6) is 1.65. The maximum absolute atomic E-state index is 9.70. The monoisotopic (exact) mass is 447 g/mol. The van der Waals surface area contributed by atoms with E-state index in [0.717, 1.165) is 71.3 Å². The molecule has 33 heavy (non-hydrogen) atoms. The minimum absolute atomic E-state index is 0.208. The number of hydrogen-bond donors (Lipinski definition) is 3. The fourth-order valence-electron chi connectivity index (χ4n) is 4.43. The Morgan fingerprint density at radius 3 is 2.52 bits per heavy atom. The van der Waals surface area contributed by atoms with Crippen molar-refractivity contribution in [2.75, 3.05) is 49.5 Å². The van der Waals surface area contributed by atoms with E-state index in [9.17, 15) is 5.11 Å². The summed E-state index contributed by atoms with van der Waals surface area (Å²) in [6.45, 7) is 7.70. The third kappa shape index (κ3) is 4.22. The molecule has 5 rings (SSSR count). The van der Waals surface area contributed by atoms with Crippen LogP contribution in [-0.2, 0) is 0 Å². The molecule has 3 N–H and O–H groups in total. The summed E-state index contributed by atoms with van der Waals surface area (Å²) in [5.41, 5.74) is 5.81. The Morgan fingerprint density at radius 2 is 1.79 bits per heavy atom. The third-order valence-electron chi connectivity index (χ3n) is 6.28. The smallest absolute Gasteiger partial charge is 0.166 e. The Morgan fingerprint density at radius 1 is 1.03 bits per heavy atom. The normalized spacial score (nSPS) is 15.9. The Bertz CT molecular complexity index is 1260. The van der Waals surface area contributed by atoms with Gasteiger partial charge < -0.3 is 20.4 Å². The molecule has 4 heterocycles. The molecule has 0 aliphatic carbocycles. The van der Waals surface area contributed by atoms with Crippen LogP contribution in [0.25, 0.3) is 16.7 Å². The quantitative estimate of drug-likeness (QED) is 0.413. The van der Waals surface area contributed by atoms with Crippen molar-refractivity contribution >= 4 is 34.0 Å². The molecule has 0 bridgehead atoms. The molecule has 0 radical (unpaired) electrons. The van der Waals surface area contributed by atoms with Gasteiger partial charge in [0.05, 0.1) is 18.9 Å². The summed E-state index contributed by atoms with van der Waals surface area (Å²) in [6.07, 6.45) is 2.89. The van der Waals surface area contributed by atoms with Crippen LogP contribution in [0.4, 0.5) is 17.3 Å². The summed E-state index contributed by atoms with van der Waals surface area (Å²) in [6, 6.07) is 10.2. The van der Waals surface area contributed by atoms with Crippen molar-refractivity contribution in [1.82, 2.24) is 24.3 Å². The van der Waals surface area contributed by atoms with E-state index in [1.807, 2.05) is 22.7 Å². The molecule has 0 amide bonds. The minimum atomic E-state index is -0.692. The standard InChI is InChI=1S/C24H29N7O2/c1-16-4-3-5-17(2)22(16)28-23-20-12-25-15-31(20)24-19(26-23)6-7-21(27-24)30-10-8-29(9-11-30)13-18(33)14-32/h3-7,12,15,18,32-33H,8-11,13-14H2,1-2H3,(H,26,28)/t18-/m1/s1. The lowest BCUT2D eigenvalue weighted by atomic mass is 10.1. The van der Waals surface area contributed by atoms with Gasteiger partial charge in [-0.05, 0) is 37.1 Å². The maximum atomic E-state index is 9.70. The van der Waals surface area contributed by atoms with E-state index in [1.165, 1.54) is 0 Å². The van der Waals surface area contributed by atoms with Crippen molar-refractivity contribution in [2.45, 2.75) is 20.0 Å². The topological polar surface area (TPSA) is 102 Å². The molecule has 172 valence electrons. The van der Waals surface area contributed by atoms with E-state index in [1.54, 1.807) is 6.33 Å². The summed E-state index contributed by atoms with van der Waals surface area (Å²) in [4.78, 5) is 18.6. The second-order valence-electron chi connectivity index (χ2n) is 8.64. The van der Waals surface area contributed by atoms with Crippen LogP contribution >= 0.6 is 0 Å². The number of imidazole rings is 1. The lowest BCUT2D eigenvalue weighted by Crippen LogP contribution is -2.49. The summed E-state index contributed by atoms with van der Waals surface area (Å²) in [5, 5.41) is 22.3. The number of aliphatic hydroxyl groups is 2. The molecule has 1 atom stereocenters. The SMILES string of the molecule is Cc1cccc(C)c1Nc1nc2ccc(N3CCN(C[C@@H](O)CO)CC3)nc2n2cncc12. The first-order valence-electron chi connectivity index (χ1n) is 11.3. The van der Waals surface area contributed by atoms with Gasteiger partial charge in [0, 0.05) is 38.4 Å². The van der Waals surface area contributed by atoms with Crippen LogP contribution in [-0.4, -0.2) is 79.9 Å². The number of nitrogens with one attached hydrogen (secondary N) is 1. The van der Waals surface area contributed by atoms with E-state index in [0.29, 0.717) is 6.54 Å². The number of aromatic nitrogens is 4. The fourth-order valence-corrected chi connectivity index (χ4v) is 4.43. The number of rotatable bonds is 6. The fraction of sp³-hybridized carbons (Fsp3) is 0.375. The van der Waals surface area contributed by atoms with Crippen LogP contribution in [0.5, 0.6) is 0 Å². The number of aryl methyl sites for hydroxylation is 2. The van der Waals surface area contributed by atoms with Crippen molar-refractivity contribution in [2.24, 2.45) is 0 Å². The van der Waals surface area contributed by atoms with Crippen LogP contribution in [0.15, 0.2) is 42.9 Å². The lowest BCUT2D eigenvalue weighted by molar-refractivity contribution is 0.0574. The number of pyridine rings is 1. The highest BCUT2D eigenvalue weighted by molar-refractivity contribution is 5.85. The Hall–Kier alpha value is -3.27. The van der Waals surface area contributed by atoms with Crippen LogP contribution in [0, 0.1) is 13.8 Å². The summed E-state index contributed by atoms with van der Waals surface area (Å²) >= 11 is 0. The van der Waals surface area contributed by atoms with Gasteiger partial charge in [0.1, 0.15) is 23.2 Å². The van der Waals surface area contributed by atoms with Crippen LogP contribution < -0.4 is 10.2 Å². The van der Waals surface area contributed by atoms with Gasteiger partial charge >= 0.3 is 0 Å². The zero-order valence-electron chi connectivity index (χ0n) is 18.9. The van der Waals surface area contributed by atoms with Gasteiger partial charge in [0.15, 0.2) is 11.5 Å². The highest BCUT2D eigenvalue weighted by Gasteiger charge is 2.21. The molecule has 1 saturated heterocycles. The minimum Gasteiger partial charge on any atom is -0.394 e. The van der Waals surface area contributed by atoms with Crippen molar-refractivity contribution < 1.29 is 10.2 Å². The van der Waals surface area contributed by atoms with E-state index in [-0.39, 0.29) is 6.61 Å². The van der Waals surface area contributed by atoms with Crippen molar-refractivity contribution in [3.05, 3.63) is 54.0 Å². The van der Waals surface area contributed by atoms with Gasteiger partial charge in [-0.15, -0.1) is 0 Å². The van der Waals surface area contributed by atoms with Crippen LogP contribution in [0.3, 0.4) is 0 Å². The average molecular weight is 448 g/mol. The highest BCUT2D eigenvalue weighted by atomic mass is 16.3. The van der Waals surface area contributed by atoms with Crippen molar-refractivity contribution in [1.29, 1.82) is 0 Å². The Labute approximate surface area is 192 Å². The first-order chi connectivity index (χ1) is 16.0. The molecule has 9 heteroatoms. The van der Waals surface area contributed by atoms with Crippen LogP contribution in [0.1, 0.15) is 11.1 Å². The van der Waals surface area contributed by atoms with E-state index >= 15 is 0 Å². The maximum Gasteiger partial charge on any atom is 0.166 e. The lowest BCUT2D eigenvalue weighted by Gasteiger charge is -2.36. The number of nitrogens with zero attached hydrogens (tertiary/aromatic N) is 6. The van der Waals surface area contributed by atoms with Gasteiger partial charge in [0.25, 0.3) is 0 Å². The van der Waals surface area contributed by atoms with Gasteiger partial charge in [0.2, 0.25) is 0 Å². The van der Waals surface area contributed by atoms with Gasteiger partial charge in [-0.3, -0.25) is 9.30 Å². The zero-order chi connectivity index (χ0) is 22.9. The van der Waals surface area contributed by atoms with Crippen molar-refractivity contribution in [3.8, 4) is 0 Å². The second-order valence-corrected chi connectivity index (χ2v) is 8.64. The molecule has 9 nitrogen and oxygen atoms in total. The summed E-state index contributed by atoms with van der Waals surface area (Å²) in [7, 11) is 0. The second kappa shape index (κ2) is 8.93. The summed E-state index contributed by atoms with van der Waals surface area (Å²) < 4.78 is 1.98. The van der Waals surface area contributed by atoms with Crippen LogP contribution in [0.2, 0.25) is 0 Å². The Balaban J connectivity index is 1.44. The first-order valence-corrected chi connectivity index (χ1v) is 11.3. The molecule has 1 aliphatic rings. The number of fused-ring (bicyclic) bond motifs is 3. The predicted molar refractivity (Wildman–Crippen MR) is 129 cm³/mol. The molecule has 1 aliphatic heterocycles. The highest BCUT2D eigenvalue weighted by Crippen LogP contribution is 2.28. The number of aliphatic hydroxyl groups excluding tert-OH is 2. The van der Waals surface area contributed by atoms with Gasteiger partial charge in [-0.2, -0.15) is 0 Å². The molecule has 0 saturated carbocycles. The number of β-amino-alcohol motifs (C(OH)–C–C–N with tert-alkyl or cyclic N) is 1. The van der Waals surface area contributed by atoms with E-state index < -0.39 is 6.10 Å². The first kappa shape index (κ1) is 21.6. The molecule has 1 fully saturated rings. The Kier molecular flexibility index (Phi) is 5.84. The number of benzene rings is 1. The number of anilines is 3. The van der Waals surface area contributed by atoms with E-state index in [4.69, 9.17) is 15.1 Å². The average Bonchev–Trinajstić information content (AvgIpc) is 3.32. The molecular formula is C24H29N7O2. The molecular weight excluding hydrogens is 418 g/mol. The van der Waals surface area contributed by atoms with Gasteiger partial charge in [-0.1, -0.05) is 18.2 Å². The largest absolute Gasteiger partial charge is 0.394 e. The molecule has 0 unspecified atom stereocenters. The van der Waals surface area contributed by atoms with Gasteiger partial charge in [-0.25, -0.2) is 15.0 Å². The van der Waals surface area contributed by atoms with E-state index in [2.05, 4.69) is 52.1 Å². The third-order valence-corrected chi connectivity index (χ3v) is 6.28. The number of hydrogen-bond acceptors (Lipinski definition) is 8. The number of piperazine rings is 1. The zero-order valence-corrected chi connectivity index (χ0v) is 18.9. The predicted octanol–water partition coefficient (Wildman–Crippen LogP) is 2.11. The molecule has 4 aromatic rings. The molecule has 0 spiro atoms. The van der Waals surface area contributed by atoms with Crippen molar-refractivity contribution in [3.63, 3.8) is 0 Å². The molecule has 1 aromatic carbocycles. The molecule has 3 aromatic heterocycles.